The number of hydrogen-bond acceptors (Lipinski definition) is 1. The topological polar surface area (TPSA) is 12.0 Å². The summed E-state index contributed by atoms with van der Waals surface area (Å²) in [6.45, 7) is 0. The highest BCUT2D eigenvalue weighted by Crippen LogP contribution is 2.25. The predicted octanol–water partition coefficient (Wildman–Crippen LogP) is 2.20. The largest absolute Gasteiger partial charge is 0.380 e. The summed E-state index contributed by atoms with van der Waals surface area (Å²) in [5.41, 5.74) is 0.579. The van der Waals surface area contributed by atoms with Crippen LogP contribution in [0.1, 0.15) is 12.8 Å². The fourth-order valence-electron chi connectivity index (χ4n) is 0.976. The molecule has 0 atom stereocenters. The summed E-state index contributed by atoms with van der Waals surface area (Å²) in [6, 6.07) is 8.11. The molecular weight excluding hydrogens is 141 g/mol. The summed E-state index contributed by atoms with van der Waals surface area (Å²) < 4.78 is 12.9. The van der Waals surface area contributed by atoms with E-state index in [1.54, 1.807) is 18.2 Å². The van der Waals surface area contributed by atoms with E-state index in [4.69, 9.17) is 0 Å². The van der Waals surface area contributed by atoms with Crippen LogP contribution < -0.4 is 5.32 Å². The van der Waals surface area contributed by atoms with Crippen molar-refractivity contribution < 1.29 is 4.39 Å². The minimum atomic E-state index is -0.278. The van der Waals surface area contributed by atoms with Crippen molar-refractivity contribution in [2.24, 2.45) is 0 Å². The third kappa shape index (κ3) is 1.50. The van der Waals surface area contributed by atoms with Gasteiger partial charge in [-0.3, -0.25) is 0 Å². The normalized spacial score (nSPS) is 16.5. The summed E-state index contributed by atoms with van der Waals surface area (Å²) in [7, 11) is 0. The Kier molecular flexibility index (Phi) is 1.53. The van der Waals surface area contributed by atoms with Gasteiger partial charge in [-0.2, -0.15) is 0 Å². The van der Waals surface area contributed by atoms with Gasteiger partial charge >= 0.3 is 0 Å². The monoisotopic (exact) mass is 150 g/mol. The molecule has 1 fully saturated rings. The first-order chi connectivity index (χ1) is 5.36. The second kappa shape index (κ2) is 2.53. The average Bonchev–Trinajstić information content (AvgIpc) is 2.78. The first-order valence-electron chi connectivity index (χ1n) is 3.79. The Morgan fingerprint density at radius 1 is 1.55 bits per heavy atom. The number of rotatable bonds is 2. The maximum absolute atomic E-state index is 12.9. The van der Waals surface area contributed by atoms with E-state index in [9.17, 15) is 4.39 Å². The van der Waals surface area contributed by atoms with Gasteiger partial charge in [-0.15, -0.1) is 0 Å². The highest BCUT2D eigenvalue weighted by Gasteiger charge is 2.21. The van der Waals surface area contributed by atoms with Crippen LogP contribution in [0.2, 0.25) is 0 Å². The fraction of sp³-hybridized carbons (Fsp3) is 0.333. The smallest absolute Gasteiger partial charge is 0.154 e. The standard InChI is InChI=1S/C9H9FN/c10-8-3-1-2-4-9(8)11-7-5-6-7/h1-2,4,7,11H,5-6H2. The maximum atomic E-state index is 12.9. The van der Waals surface area contributed by atoms with Crippen molar-refractivity contribution in [3.63, 3.8) is 0 Å². The molecule has 0 saturated heterocycles. The van der Waals surface area contributed by atoms with Crippen molar-refractivity contribution in [3.8, 4) is 0 Å². The van der Waals surface area contributed by atoms with Crippen molar-refractivity contribution >= 4 is 5.69 Å². The Morgan fingerprint density at radius 3 is 3.00 bits per heavy atom. The molecular formula is C9H9FN. The van der Waals surface area contributed by atoms with E-state index in [-0.39, 0.29) is 5.82 Å². The highest BCUT2D eigenvalue weighted by molar-refractivity contribution is 5.45. The third-order valence-corrected chi connectivity index (χ3v) is 1.74. The van der Waals surface area contributed by atoms with Crippen molar-refractivity contribution in [2.75, 3.05) is 5.32 Å². The molecule has 0 amide bonds. The van der Waals surface area contributed by atoms with E-state index in [1.165, 1.54) is 0 Å². The first-order valence-corrected chi connectivity index (χ1v) is 3.79. The molecule has 1 nitrogen and oxygen atoms in total. The Labute approximate surface area is 65.2 Å². The molecule has 0 heterocycles. The highest BCUT2D eigenvalue weighted by atomic mass is 19.1. The Morgan fingerprint density at radius 2 is 2.36 bits per heavy atom. The summed E-state index contributed by atoms with van der Waals surface area (Å²) in [5.74, 6) is -0.278. The van der Waals surface area contributed by atoms with Crippen LogP contribution in [0.15, 0.2) is 18.2 Å². The molecule has 1 aliphatic rings. The van der Waals surface area contributed by atoms with E-state index in [2.05, 4.69) is 11.4 Å². The molecule has 1 N–H and O–H groups in total. The van der Waals surface area contributed by atoms with Gasteiger partial charge < -0.3 is 5.32 Å². The maximum Gasteiger partial charge on any atom is 0.154 e. The lowest BCUT2D eigenvalue weighted by atomic mass is 10.3. The van der Waals surface area contributed by atoms with Gasteiger partial charge in [0, 0.05) is 12.1 Å². The number of anilines is 1. The predicted molar refractivity (Wildman–Crippen MR) is 41.9 cm³/mol. The lowest BCUT2D eigenvalue weighted by Gasteiger charge is -2.03. The van der Waals surface area contributed by atoms with Crippen molar-refractivity contribution in [1.82, 2.24) is 0 Å². The van der Waals surface area contributed by atoms with Crippen molar-refractivity contribution in [1.29, 1.82) is 0 Å². The Hall–Kier alpha value is -1.05. The number of nitrogens with one attached hydrogen (secondary N) is 1. The van der Waals surface area contributed by atoms with E-state index in [0.29, 0.717) is 11.7 Å². The number of hydrogen-bond donors (Lipinski definition) is 1. The minimum Gasteiger partial charge on any atom is -0.380 e. The van der Waals surface area contributed by atoms with E-state index in [0.717, 1.165) is 12.8 Å². The van der Waals surface area contributed by atoms with E-state index >= 15 is 0 Å². The number of benzene rings is 1. The molecule has 2 heteroatoms. The Balaban J connectivity index is 2.15. The second-order valence-corrected chi connectivity index (χ2v) is 2.82. The minimum absolute atomic E-state index is 0.278. The molecule has 0 bridgehead atoms. The molecule has 0 aromatic heterocycles. The van der Waals surface area contributed by atoms with Crippen LogP contribution in [-0.4, -0.2) is 6.04 Å². The molecule has 1 aromatic rings. The molecule has 0 aliphatic heterocycles. The quantitative estimate of drug-likeness (QED) is 0.681. The van der Waals surface area contributed by atoms with Crippen molar-refractivity contribution in [2.45, 2.75) is 18.9 Å². The van der Waals surface area contributed by atoms with Gasteiger partial charge in [0.25, 0.3) is 0 Å². The molecule has 1 saturated carbocycles. The van der Waals surface area contributed by atoms with Crippen LogP contribution in [-0.2, 0) is 0 Å². The van der Waals surface area contributed by atoms with Gasteiger partial charge in [-0.05, 0) is 18.9 Å². The second-order valence-electron chi connectivity index (χ2n) is 2.82. The van der Waals surface area contributed by atoms with Gasteiger partial charge in [0.05, 0.1) is 5.69 Å². The summed E-state index contributed by atoms with van der Waals surface area (Å²) in [6.07, 6.45) is 2.32. The number of halogens is 1. The zero-order valence-electron chi connectivity index (χ0n) is 6.10. The van der Waals surface area contributed by atoms with E-state index in [1.807, 2.05) is 0 Å². The lowest BCUT2D eigenvalue weighted by Crippen LogP contribution is -2.02. The molecule has 1 aliphatic carbocycles. The van der Waals surface area contributed by atoms with Crippen LogP contribution in [0.3, 0.4) is 0 Å². The van der Waals surface area contributed by atoms with Crippen LogP contribution >= 0.6 is 0 Å². The van der Waals surface area contributed by atoms with Crippen LogP contribution in [0.25, 0.3) is 0 Å². The molecule has 11 heavy (non-hydrogen) atoms. The Bertz CT molecular complexity index is 255. The van der Waals surface area contributed by atoms with Gasteiger partial charge in [0.2, 0.25) is 0 Å². The van der Waals surface area contributed by atoms with Crippen LogP contribution in [0.4, 0.5) is 10.1 Å². The summed E-state index contributed by atoms with van der Waals surface area (Å²) >= 11 is 0. The third-order valence-electron chi connectivity index (χ3n) is 1.74. The fourth-order valence-corrected chi connectivity index (χ4v) is 0.976. The van der Waals surface area contributed by atoms with Crippen molar-refractivity contribution in [3.05, 3.63) is 30.1 Å². The van der Waals surface area contributed by atoms with Gasteiger partial charge in [-0.25, -0.2) is 4.39 Å². The zero-order chi connectivity index (χ0) is 7.68. The van der Waals surface area contributed by atoms with Crippen LogP contribution in [0.5, 0.6) is 0 Å². The molecule has 57 valence electrons. The average molecular weight is 150 g/mol. The molecule has 1 aromatic carbocycles. The van der Waals surface area contributed by atoms with Crippen LogP contribution in [0, 0.1) is 11.9 Å². The first kappa shape index (κ1) is 6.65. The summed E-state index contributed by atoms with van der Waals surface area (Å²) in [4.78, 5) is 0. The zero-order valence-corrected chi connectivity index (χ0v) is 6.10. The van der Waals surface area contributed by atoms with Gasteiger partial charge in [-0.1, -0.05) is 12.1 Å². The lowest BCUT2D eigenvalue weighted by molar-refractivity contribution is 0.628. The summed E-state index contributed by atoms with van der Waals surface area (Å²) in [5, 5.41) is 3.08. The molecule has 0 spiro atoms. The SMILES string of the molecule is Fc1[c]cccc1NC1CC1. The molecule has 0 unspecified atom stereocenters. The van der Waals surface area contributed by atoms with E-state index < -0.39 is 0 Å². The molecule has 2 rings (SSSR count). The van der Waals surface area contributed by atoms with Gasteiger partial charge in [0.15, 0.2) is 5.82 Å². The molecule has 1 radical (unpaired) electrons. The van der Waals surface area contributed by atoms with Gasteiger partial charge in [0.1, 0.15) is 0 Å².